The summed E-state index contributed by atoms with van der Waals surface area (Å²) in [5.41, 5.74) is 3.42. The van der Waals surface area contributed by atoms with Crippen LogP contribution in [0.15, 0.2) is 37.1 Å². The minimum atomic E-state index is -0.0555. The molecule has 1 aliphatic rings. The Bertz CT molecular complexity index is 834. The smallest absolute Gasteiger partial charge is 0.272 e. The molecule has 0 bridgehead atoms. The molecule has 7 heteroatoms. The van der Waals surface area contributed by atoms with Gasteiger partial charge in [0.05, 0.1) is 36.1 Å². The summed E-state index contributed by atoms with van der Waals surface area (Å²) < 4.78 is 1.85. The van der Waals surface area contributed by atoms with Gasteiger partial charge in [-0.25, -0.2) is 15.0 Å². The van der Waals surface area contributed by atoms with Crippen molar-refractivity contribution in [1.29, 1.82) is 0 Å². The van der Waals surface area contributed by atoms with Crippen LogP contribution in [-0.4, -0.2) is 41.9 Å². The summed E-state index contributed by atoms with van der Waals surface area (Å²) in [4.78, 5) is 30.4. The van der Waals surface area contributed by atoms with Crippen molar-refractivity contribution < 1.29 is 4.79 Å². The van der Waals surface area contributed by atoms with E-state index < -0.39 is 0 Å². The first-order valence-electron chi connectivity index (χ1n) is 7.49. The maximum atomic E-state index is 12.6. The van der Waals surface area contributed by atoms with Gasteiger partial charge in [0.1, 0.15) is 11.5 Å². The molecule has 7 nitrogen and oxygen atoms in total. The average Bonchev–Trinajstić information content (AvgIpc) is 3.22. The van der Waals surface area contributed by atoms with Gasteiger partial charge in [0.2, 0.25) is 0 Å². The van der Waals surface area contributed by atoms with E-state index in [1.165, 1.54) is 0 Å². The Morgan fingerprint density at radius 3 is 3.00 bits per heavy atom. The minimum absolute atomic E-state index is 0.0555. The van der Waals surface area contributed by atoms with E-state index in [0.29, 0.717) is 18.8 Å². The number of aryl methyl sites for hydroxylation is 1. The minimum Gasteiger partial charge on any atom is -0.344 e. The van der Waals surface area contributed by atoms with Crippen molar-refractivity contribution >= 4 is 5.91 Å². The van der Waals surface area contributed by atoms with Crippen molar-refractivity contribution in [2.24, 2.45) is 0 Å². The molecule has 0 spiro atoms. The van der Waals surface area contributed by atoms with Crippen LogP contribution < -0.4 is 0 Å². The standard InChI is InChI=1S/C16H16N6O/c1-11-19-13-4-6-21(9-15(13)20-11)16(23)14-3-2-12(8-18-14)22-7-5-17-10-22/h2-3,5,7-8,10H,4,6,9H2,1H3,(H,19,20). The number of H-pyrrole nitrogens is 1. The van der Waals surface area contributed by atoms with E-state index in [9.17, 15) is 4.79 Å². The fourth-order valence-corrected chi connectivity index (χ4v) is 2.85. The summed E-state index contributed by atoms with van der Waals surface area (Å²) in [6, 6.07) is 3.63. The van der Waals surface area contributed by atoms with Gasteiger partial charge in [-0.3, -0.25) is 4.79 Å². The molecule has 1 N–H and O–H groups in total. The monoisotopic (exact) mass is 308 g/mol. The molecule has 23 heavy (non-hydrogen) atoms. The molecule has 0 unspecified atom stereocenters. The maximum absolute atomic E-state index is 12.6. The number of carbonyl (C=O) groups excluding carboxylic acids is 1. The largest absolute Gasteiger partial charge is 0.344 e. The molecule has 0 atom stereocenters. The number of nitrogens with zero attached hydrogens (tertiary/aromatic N) is 5. The summed E-state index contributed by atoms with van der Waals surface area (Å²) in [5, 5.41) is 0. The number of hydrogen-bond acceptors (Lipinski definition) is 4. The van der Waals surface area contributed by atoms with Crippen LogP contribution in [0.25, 0.3) is 5.69 Å². The molecule has 3 aromatic rings. The quantitative estimate of drug-likeness (QED) is 0.778. The summed E-state index contributed by atoms with van der Waals surface area (Å²) in [6.07, 6.45) is 7.70. The molecular weight excluding hydrogens is 292 g/mol. The van der Waals surface area contributed by atoms with Gasteiger partial charge in [0, 0.05) is 25.4 Å². The van der Waals surface area contributed by atoms with E-state index >= 15 is 0 Å². The third-order valence-corrected chi connectivity index (χ3v) is 4.01. The van der Waals surface area contributed by atoms with E-state index in [2.05, 4.69) is 19.9 Å². The van der Waals surface area contributed by atoms with Gasteiger partial charge < -0.3 is 14.5 Å². The van der Waals surface area contributed by atoms with Crippen LogP contribution in [0.4, 0.5) is 0 Å². The Balaban J connectivity index is 1.53. The summed E-state index contributed by atoms with van der Waals surface area (Å²) in [7, 11) is 0. The van der Waals surface area contributed by atoms with Gasteiger partial charge in [-0.1, -0.05) is 0 Å². The van der Waals surface area contributed by atoms with Crippen LogP contribution in [0.3, 0.4) is 0 Å². The number of carbonyl (C=O) groups is 1. The van der Waals surface area contributed by atoms with Crippen molar-refractivity contribution in [2.45, 2.75) is 19.9 Å². The van der Waals surface area contributed by atoms with Crippen molar-refractivity contribution in [3.63, 3.8) is 0 Å². The zero-order valence-corrected chi connectivity index (χ0v) is 12.7. The van der Waals surface area contributed by atoms with Crippen molar-refractivity contribution in [3.05, 3.63) is 60.0 Å². The van der Waals surface area contributed by atoms with Crippen LogP contribution in [0.2, 0.25) is 0 Å². The highest BCUT2D eigenvalue weighted by Crippen LogP contribution is 2.18. The van der Waals surface area contributed by atoms with E-state index in [-0.39, 0.29) is 5.91 Å². The third kappa shape index (κ3) is 2.50. The summed E-state index contributed by atoms with van der Waals surface area (Å²) >= 11 is 0. The number of hydrogen-bond donors (Lipinski definition) is 1. The van der Waals surface area contributed by atoms with Crippen LogP contribution >= 0.6 is 0 Å². The van der Waals surface area contributed by atoms with E-state index in [4.69, 9.17) is 0 Å². The molecule has 0 aromatic carbocycles. The van der Waals surface area contributed by atoms with Crippen molar-refractivity contribution in [2.75, 3.05) is 6.54 Å². The number of aromatic nitrogens is 5. The fraction of sp³-hybridized carbons (Fsp3) is 0.250. The second kappa shape index (κ2) is 5.35. The van der Waals surface area contributed by atoms with Crippen LogP contribution in [-0.2, 0) is 13.0 Å². The lowest BCUT2D eigenvalue weighted by molar-refractivity contribution is 0.0726. The molecule has 0 fully saturated rings. The predicted octanol–water partition coefficient (Wildman–Crippen LogP) is 1.50. The zero-order valence-electron chi connectivity index (χ0n) is 12.7. The number of rotatable bonds is 2. The lowest BCUT2D eigenvalue weighted by Crippen LogP contribution is -2.36. The Morgan fingerprint density at radius 2 is 2.26 bits per heavy atom. The molecule has 4 rings (SSSR count). The number of pyridine rings is 1. The number of amides is 1. The molecule has 0 radical (unpaired) electrons. The topological polar surface area (TPSA) is 79.7 Å². The number of fused-ring (bicyclic) bond motifs is 1. The normalized spacial score (nSPS) is 13.9. The first-order chi connectivity index (χ1) is 11.2. The molecule has 4 heterocycles. The molecule has 116 valence electrons. The highest BCUT2D eigenvalue weighted by Gasteiger charge is 2.24. The zero-order chi connectivity index (χ0) is 15.8. The molecule has 1 amide bonds. The van der Waals surface area contributed by atoms with Gasteiger partial charge in [0.15, 0.2) is 0 Å². The Labute approximate surface area is 133 Å². The SMILES string of the molecule is Cc1nc2c([nH]1)CN(C(=O)c1ccc(-n3ccnc3)cn1)CC2. The Morgan fingerprint density at radius 1 is 1.35 bits per heavy atom. The second-order valence-corrected chi connectivity index (χ2v) is 5.60. The van der Waals surface area contributed by atoms with Gasteiger partial charge >= 0.3 is 0 Å². The van der Waals surface area contributed by atoms with Crippen LogP contribution in [0.1, 0.15) is 27.7 Å². The van der Waals surface area contributed by atoms with E-state index in [0.717, 1.165) is 29.3 Å². The molecule has 3 aromatic heterocycles. The fourth-order valence-electron chi connectivity index (χ4n) is 2.85. The lowest BCUT2D eigenvalue weighted by Gasteiger charge is -2.25. The predicted molar refractivity (Wildman–Crippen MR) is 83.1 cm³/mol. The van der Waals surface area contributed by atoms with E-state index in [1.807, 2.05) is 23.8 Å². The lowest BCUT2D eigenvalue weighted by atomic mass is 10.1. The number of imidazole rings is 2. The second-order valence-electron chi connectivity index (χ2n) is 5.60. The third-order valence-electron chi connectivity index (χ3n) is 4.01. The molecule has 0 aliphatic carbocycles. The number of aromatic amines is 1. The van der Waals surface area contributed by atoms with E-state index in [1.54, 1.807) is 29.7 Å². The molecular formula is C16H16N6O. The first kappa shape index (κ1) is 13.7. The van der Waals surface area contributed by atoms with Gasteiger partial charge in [0.25, 0.3) is 5.91 Å². The summed E-state index contributed by atoms with van der Waals surface area (Å²) in [6.45, 7) is 3.15. The van der Waals surface area contributed by atoms with Gasteiger partial charge in [-0.2, -0.15) is 0 Å². The molecule has 0 saturated carbocycles. The van der Waals surface area contributed by atoms with Crippen molar-refractivity contribution in [1.82, 2.24) is 29.4 Å². The average molecular weight is 308 g/mol. The van der Waals surface area contributed by atoms with Crippen molar-refractivity contribution in [3.8, 4) is 5.69 Å². The maximum Gasteiger partial charge on any atom is 0.272 e. The number of nitrogens with one attached hydrogen (secondary N) is 1. The highest BCUT2D eigenvalue weighted by atomic mass is 16.2. The molecule has 1 aliphatic heterocycles. The Kier molecular flexibility index (Phi) is 3.18. The first-order valence-corrected chi connectivity index (χ1v) is 7.49. The highest BCUT2D eigenvalue weighted by molar-refractivity contribution is 5.92. The van der Waals surface area contributed by atoms with Gasteiger partial charge in [-0.05, 0) is 19.1 Å². The van der Waals surface area contributed by atoms with Crippen LogP contribution in [0, 0.1) is 6.92 Å². The van der Waals surface area contributed by atoms with Crippen LogP contribution in [0.5, 0.6) is 0 Å². The molecule has 0 saturated heterocycles. The van der Waals surface area contributed by atoms with Gasteiger partial charge in [-0.15, -0.1) is 0 Å². The summed E-state index contributed by atoms with van der Waals surface area (Å²) in [5.74, 6) is 0.840. The Hall–Kier alpha value is -2.96.